The summed E-state index contributed by atoms with van der Waals surface area (Å²) >= 11 is 0. The zero-order chi connectivity index (χ0) is 24.9. The molecule has 1 heterocycles. The van der Waals surface area contributed by atoms with Gasteiger partial charge in [0.1, 0.15) is 0 Å². The minimum atomic E-state index is -0.229. The summed E-state index contributed by atoms with van der Waals surface area (Å²) in [5.41, 5.74) is 5.07. The molecule has 0 aliphatic heterocycles. The van der Waals surface area contributed by atoms with Gasteiger partial charge in [0.25, 0.3) is 5.56 Å². The molecule has 3 aromatic carbocycles. The monoisotopic (exact) mass is 477 g/mol. The van der Waals surface area contributed by atoms with Crippen molar-refractivity contribution in [2.75, 3.05) is 41.0 Å². The van der Waals surface area contributed by atoms with Crippen LogP contribution in [0.25, 0.3) is 22.3 Å². The highest BCUT2D eigenvalue weighted by atomic mass is 16.5. The molecule has 182 valence electrons. The average molecular weight is 478 g/mol. The summed E-state index contributed by atoms with van der Waals surface area (Å²) in [6, 6.07) is 16.3. The van der Waals surface area contributed by atoms with Gasteiger partial charge < -0.3 is 29.1 Å². The van der Waals surface area contributed by atoms with E-state index in [1.54, 1.807) is 53.7 Å². The molecule has 0 saturated heterocycles. The zero-order valence-electron chi connectivity index (χ0n) is 20.2. The van der Waals surface area contributed by atoms with Crippen LogP contribution in [-0.4, -0.2) is 45.2 Å². The molecular weight excluding hydrogens is 450 g/mol. The van der Waals surface area contributed by atoms with Crippen LogP contribution in [0.15, 0.2) is 59.4 Å². The number of para-hydroxylation sites is 1. The lowest BCUT2D eigenvalue weighted by Crippen LogP contribution is -2.31. The molecule has 0 unspecified atom stereocenters. The number of rotatable bonds is 9. The molecule has 9 nitrogen and oxygen atoms in total. The first-order chi connectivity index (χ1) is 17.0. The summed E-state index contributed by atoms with van der Waals surface area (Å²) in [6.07, 6.45) is 0. The Balaban J connectivity index is 1.82. The SMILES string of the molecule is COc1ccc(-c2nc3ccccc3c(=O)n2NCc2cc(OC)c(OC)c(OC)c2)cc1OC. The van der Waals surface area contributed by atoms with Crippen molar-refractivity contribution in [1.29, 1.82) is 0 Å². The van der Waals surface area contributed by atoms with E-state index in [1.807, 2.05) is 36.4 Å². The van der Waals surface area contributed by atoms with Crippen LogP contribution < -0.4 is 34.7 Å². The molecule has 0 atom stereocenters. The van der Waals surface area contributed by atoms with E-state index >= 15 is 0 Å². The maximum atomic E-state index is 13.5. The van der Waals surface area contributed by atoms with Crippen LogP contribution in [-0.2, 0) is 6.54 Å². The molecule has 4 rings (SSSR count). The number of ether oxygens (including phenoxy) is 5. The number of methoxy groups -OCH3 is 5. The lowest BCUT2D eigenvalue weighted by molar-refractivity contribution is 0.324. The van der Waals surface area contributed by atoms with E-state index in [1.165, 1.54) is 4.68 Å². The molecule has 0 spiro atoms. The fourth-order valence-corrected chi connectivity index (χ4v) is 3.86. The van der Waals surface area contributed by atoms with Gasteiger partial charge in [-0.3, -0.25) is 4.79 Å². The van der Waals surface area contributed by atoms with Crippen LogP contribution in [0.3, 0.4) is 0 Å². The number of hydrogen-bond acceptors (Lipinski definition) is 8. The first kappa shape index (κ1) is 23.7. The Labute approximate surface area is 202 Å². The molecule has 0 bridgehead atoms. The number of nitrogens with zero attached hydrogens (tertiary/aromatic N) is 2. The smallest absolute Gasteiger partial charge is 0.280 e. The molecule has 0 amide bonds. The van der Waals surface area contributed by atoms with Gasteiger partial charge in [-0.2, -0.15) is 0 Å². The summed E-state index contributed by atoms with van der Waals surface area (Å²) in [5, 5.41) is 0.495. The van der Waals surface area contributed by atoms with Gasteiger partial charge in [0.2, 0.25) is 5.75 Å². The molecule has 9 heteroatoms. The van der Waals surface area contributed by atoms with Crippen LogP contribution in [0.4, 0.5) is 0 Å². The van der Waals surface area contributed by atoms with E-state index in [0.29, 0.717) is 51.0 Å². The highest BCUT2D eigenvalue weighted by Gasteiger charge is 2.17. The van der Waals surface area contributed by atoms with Gasteiger partial charge in [-0.05, 0) is 48.0 Å². The second kappa shape index (κ2) is 10.3. The Hall–Kier alpha value is -4.40. The summed E-state index contributed by atoms with van der Waals surface area (Å²) in [4.78, 5) is 18.3. The highest BCUT2D eigenvalue weighted by Crippen LogP contribution is 2.38. The molecular formula is C26H27N3O6. The van der Waals surface area contributed by atoms with E-state index in [-0.39, 0.29) is 12.1 Å². The van der Waals surface area contributed by atoms with Crippen LogP contribution in [0.1, 0.15) is 5.56 Å². The van der Waals surface area contributed by atoms with Gasteiger partial charge in [0, 0.05) is 5.56 Å². The molecule has 4 aromatic rings. The van der Waals surface area contributed by atoms with E-state index in [2.05, 4.69) is 5.43 Å². The van der Waals surface area contributed by atoms with Gasteiger partial charge in [-0.1, -0.05) is 12.1 Å². The molecule has 0 aliphatic rings. The van der Waals surface area contributed by atoms with Crippen molar-refractivity contribution in [2.45, 2.75) is 6.54 Å². The maximum Gasteiger partial charge on any atom is 0.280 e. The minimum absolute atomic E-state index is 0.229. The predicted octanol–water partition coefficient (Wildman–Crippen LogP) is 3.85. The average Bonchev–Trinajstić information content (AvgIpc) is 2.91. The third-order valence-electron chi connectivity index (χ3n) is 5.58. The molecule has 0 fully saturated rings. The second-order valence-corrected chi connectivity index (χ2v) is 7.53. The van der Waals surface area contributed by atoms with Gasteiger partial charge in [-0.25, -0.2) is 9.66 Å². The molecule has 1 N–H and O–H groups in total. The lowest BCUT2D eigenvalue weighted by Gasteiger charge is -2.18. The number of hydrogen-bond donors (Lipinski definition) is 1. The Kier molecular flexibility index (Phi) is 6.96. The van der Waals surface area contributed by atoms with Gasteiger partial charge in [-0.15, -0.1) is 0 Å². The zero-order valence-corrected chi connectivity index (χ0v) is 20.2. The van der Waals surface area contributed by atoms with Crippen molar-refractivity contribution in [3.8, 4) is 40.1 Å². The largest absolute Gasteiger partial charge is 0.493 e. The standard InChI is InChI=1S/C26H27N3O6/c1-31-20-11-10-17(14-21(20)32-2)25-28-19-9-7-6-8-18(19)26(30)29(25)27-15-16-12-22(33-3)24(35-5)23(13-16)34-4/h6-14,27H,15H2,1-5H3. The summed E-state index contributed by atoms with van der Waals surface area (Å²) < 4.78 is 28.6. The number of aromatic nitrogens is 2. The Bertz CT molecular complexity index is 1390. The molecule has 35 heavy (non-hydrogen) atoms. The van der Waals surface area contributed by atoms with E-state index in [9.17, 15) is 4.79 Å². The van der Waals surface area contributed by atoms with Crippen LogP contribution in [0.5, 0.6) is 28.7 Å². The van der Waals surface area contributed by atoms with Gasteiger partial charge in [0.05, 0.1) is 53.0 Å². The van der Waals surface area contributed by atoms with Crippen LogP contribution in [0.2, 0.25) is 0 Å². The van der Waals surface area contributed by atoms with E-state index in [4.69, 9.17) is 28.7 Å². The van der Waals surface area contributed by atoms with Crippen molar-refractivity contribution < 1.29 is 23.7 Å². The summed E-state index contributed by atoms with van der Waals surface area (Å²) in [6.45, 7) is 0.289. The third-order valence-corrected chi connectivity index (χ3v) is 5.58. The fourth-order valence-electron chi connectivity index (χ4n) is 3.86. The Morgan fingerprint density at radius 1 is 0.771 bits per heavy atom. The predicted molar refractivity (Wildman–Crippen MR) is 134 cm³/mol. The summed E-state index contributed by atoms with van der Waals surface area (Å²) in [7, 11) is 7.79. The topological polar surface area (TPSA) is 93.1 Å². The van der Waals surface area contributed by atoms with Crippen molar-refractivity contribution >= 4 is 10.9 Å². The van der Waals surface area contributed by atoms with Crippen molar-refractivity contribution in [3.05, 3.63) is 70.5 Å². The Morgan fingerprint density at radius 2 is 1.43 bits per heavy atom. The fraction of sp³-hybridized carbons (Fsp3) is 0.231. The molecule has 1 aromatic heterocycles. The molecule has 0 aliphatic carbocycles. The summed E-state index contributed by atoms with van der Waals surface area (Å²) in [5.74, 6) is 3.08. The highest BCUT2D eigenvalue weighted by molar-refractivity contribution is 5.80. The molecule has 0 radical (unpaired) electrons. The van der Waals surface area contributed by atoms with Crippen LogP contribution in [0, 0.1) is 0 Å². The van der Waals surface area contributed by atoms with Gasteiger partial charge in [0.15, 0.2) is 28.8 Å². The Morgan fingerprint density at radius 3 is 2.06 bits per heavy atom. The normalized spacial score (nSPS) is 10.7. The van der Waals surface area contributed by atoms with E-state index in [0.717, 1.165) is 5.56 Å². The number of fused-ring (bicyclic) bond motifs is 1. The number of nitrogens with one attached hydrogen (secondary N) is 1. The van der Waals surface area contributed by atoms with E-state index < -0.39 is 0 Å². The molecule has 0 saturated carbocycles. The van der Waals surface area contributed by atoms with Gasteiger partial charge >= 0.3 is 0 Å². The first-order valence-electron chi connectivity index (χ1n) is 10.8. The van der Waals surface area contributed by atoms with Crippen molar-refractivity contribution in [1.82, 2.24) is 9.66 Å². The minimum Gasteiger partial charge on any atom is -0.493 e. The van der Waals surface area contributed by atoms with Crippen molar-refractivity contribution in [3.63, 3.8) is 0 Å². The van der Waals surface area contributed by atoms with Crippen molar-refractivity contribution in [2.24, 2.45) is 0 Å². The number of benzene rings is 3. The third kappa shape index (κ3) is 4.52. The quantitative estimate of drug-likeness (QED) is 0.389. The maximum absolute atomic E-state index is 13.5. The first-order valence-corrected chi connectivity index (χ1v) is 10.8. The lowest BCUT2D eigenvalue weighted by atomic mass is 10.1. The van der Waals surface area contributed by atoms with Crippen LogP contribution >= 0.6 is 0 Å². The second-order valence-electron chi connectivity index (χ2n) is 7.53.